The van der Waals surface area contributed by atoms with Gasteiger partial charge < -0.3 is 96.7 Å². The summed E-state index contributed by atoms with van der Waals surface area (Å²) in [6.07, 6.45) is 0. The third-order valence-electron chi connectivity index (χ3n) is 9.66. The maximum absolute atomic E-state index is 9.89. The van der Waals surface area contributed by atoms with Crippen molar-refractivity contribution in [2.75, 3.05) is 161 Å². The lowest BCUT2D eigenvalue weighted by Gasteiger charge is -2.09. The zero-order valence-corrected chi connectivity index (χ0v) is 46.4. The summed E-state index contributed by atoms with van der Waals surface area (Å²) in [6, 6.07) is 0. The number of rotatable bonds is 16. The molecule has 24 heteroatoms. The van der Waals surface area contributed by atoms with E-state index in [9.17, 15) is 17.3 Å². The van der Waals surface area contributed by atoms with Gasteiger partial charge in [-0.1, -0.05) is 0 Å². The van der Waals surface area contributed by atoms with Gasteiger partial charge in [0.15, 0.2) is 0 Å². The minimum atomic E-state index is -3.17. The molecule has 0 aromatic carbocycles. The van der Waals surface area contributed by atoms with Crippen LogP contribution < -0.4 is 79.4 Å². The van der Waals surface area contributed by atoms with Gasteiger partial charge in [-0.3, -0.25) is 0 Å². The van der Waals surface area contributed by atoms with Crippen LogP contribution in [-0.4, -0.2) is 191 Å². The van der Waals surface area contributed by atoms with Crippen LogP contribution in [0, 0.1) is 0 Å². The Hall–Kier alpha value is -0.660. The highest BCUT2D eigenvalue weighted by Crippen LogP contribution is 1.44. The lowest BCUT2D eigenvalue weighted by Crippen LogP contribution is -3.08. The van der Waals surface area contributed by atoms with E-state index in [-0.39, 0.29) is 0 Å². The molecule has 0 bridgehead atoms. The zero-order valence-electron chi connectivity index (χ0n) is 46.4. The Bertz CT molecular complexity index is 505. The van der Waals surface area contributed by atoms with Gasteiger partial charge in [-0.15, -0.1) is 0 Å². The van der Waals surface area contributed by atoms with Crippen LogP contribution in [0.5, 0.6) is 0 Å². The molecule has 400 valence electrons. The average Bonchev–Trinajstić information content (AvgIpc) is 3.27. The van der Waals surface area contributed by atoms with E-state index < -0.39 is 29.6 Å². The van der Waals surface area contributed by atoms with Crippen molar-refractivity contribution in [2.24, 2.45) is 0 Å². The summed E-state index contributed by atoms with van der Waals surface area (Å²) in [5.41, 5.74) is 0. The Morgan fingerprint density at radius 2 is 0.234 bits per heavy atom. The largest absolute Gasteiger partial charge is 0.867 e. The zero-order chi connectivity index (χ0) is 54.2. The van der Waals surface area contributed by atoms with Crippen LogP contribution in [-0.2, 0) is 0 Å². The fourth-order valence-corrected chi connectivity index (χ4v) is 2.00. The second kappa shape index (κ2) is 89.0. The smallest absolute Gasteiger partial charge is 0.121 e. The Kier molecular flexibility index (Phi) is 130. The second-order valence-electron chi connectivity index (χ2n) is 14.4. The van der Waals surface area contributed by atoms with E-state index in [1.807, 2.05) is 0 Å². The van der Waals surface area contributed by atoms with Crippen molar-refractivity contribution in [3.05, 3.63) is 0 Å². The standard InChI is InChI=1S/8C5H13N.4BFO2/c8*1-4-6(3)5-2;4*2-1(3)4/h8*4-5H2,1-3H3;;;;/q;;;;;;;;4*-2/p+8. The van der Waals surface area contributed by atoms with Crippen molar-refractivity contribution in [1.29, 1.82) is 0 Å². The maximum Gasteiger partial charge on any atom is 0.121 e. The molecule has 0 amide bonds. The van der Waals surface area contributed by atoms with Gasteiger partial charge in [0.25, 0.3) is 0 Å². The summed E-state index contributed by atoms with van der Waals surface area (Å²) >= 11 is 0. The Morgan fingerprint density at radius 1 is 0.203 bits per heavy atom. The van der Waals surface area contributed by atoms with E-state index in [1.165, 1.54) is 105 Å². The summed E-state index contributed by atoms with van der Waals surface area (Å²) in [6.45, 7) is 55.0. The molecule has 0 saturated heterocycles. The van der Waals surface area contributed by atoms with Gasteiger partial charge in [0.1, 0.15) is 29.6 Å². The number of hydrogen-bond donors (Lipinski definition) is 8. The topological polar surface area (TPSA) is 220 Å². The van der Waals surface area contributed by atoms with Crippen molar-refractivity contribution < 1.29 is 96.7 Å². The van der Waals surface area contributed by atoms with Gasteiger partial charge in [-0.2, -0.15) is 0 Å². The number of hydrogen-bond acceptors (Lipinski definition) is 8. The molecule has 64 heavy (non-hydrogen) atoms. The molecule has 0 aliphatic heterocycles. The number of nitrogens with one attached hydrogen (secondary N) is 8. The Morgan fingerprint density at radius 3 is 0.234 bits per heavy atom. The molecule has 0 heterocycles. The number of quaternary nitrogens is 8. The average molecular weight is 953 g/mol. The quantitative estimate of drug-likeness (QED) is 0.0548. The van der Waals surface area contributed by atoms with Crippen LogP contribution in [0.2, 0.25) is 0 Å². The lowest BCUT2D eigenvalue weighted by molar-refractivity contribution is -0.875. The van der Waals surface area contributed by atoms with Crippen LogP contribution in [0.25, 0.3) is 0 Å². The van der Waals surface area contributed by atoms with Crippen LogP contribution >= 0.6 is 0 Å². The highest BCUT2D eigenvalue weighted by Gasteiger charge is 1.89. The molecule has 0 saturated carbocycles. The highest BCUT2D eigenvalue weighted by atomic mass is 19.1. The first-order valence-electron chi connectivity index (χ1n) is 23.7. The molecule has 16 nitrogen and oxygen atoms in total. The monoisotopic (exact) mass is 953 g/mol. The van der Waals surface area contributed by atoms with Crippen LogP contribution in [0.1, 0.15) is 111 Å². The van der Waals surface area contributed by atoms with Gasteiger partial charge in [0, 0.05) is 0 Å². The van der Waals surface area contributed by atoms with Crippen molar-refractivity contribution in [1.82, 2.24) is 0 Å². The molecular weight excluding hydrogens is 840 g/mol. The summed E-state index contributed by atoms with van der Waals surface area (Å²) < 4.78 is 39.6. The molecule has 0 rings (SSSR count). The van der Waals surface area contributed by atoms with Crippen molar-refractivity contribution >= 4 is 29.6 Å². The third-order valence-corrected chi connectivity index (χ3v) is 9.66. The molecule has 0 atom stereocenters. The Labute approximate surface area is 397 Å². The predicted octanol–water partition coefficient (Wildman–Crippen LogP) is -13.0. The van der Waals surface area contributed by atoms with E-state index >= 15 is 0 Å². The predicted molar refractivity (Wildman–Crippen MR) is 251 cm³/mol. The van der Waals surface area contributed by atoms with E-state index in [2.05, 4.69) is 167 Å². The minimum absolute atomic E-state index is 1.25. The van der Waals surface area contributed by atoms with Gasteiger partial charge in [-0.05, 0) is 111 Å². The van der Waals surface area contributed by atoms with Gasteiger partial charge in [0.2, 0.25) is 0 Å². The first-order chi connectivity index (χ1) is 29.4. The lowest BCUT2D eigenvalue weighted by atomic mass is 10.3. The molecule has 0 fully saturated rings. The van der Waals surface area contributed by atoms with E-state index in [0.717, 1.165) is 0 Å². The van der Waals surface area contributed by atoms with Crippen molar-refractivity contribution in [3.63, 3.8) is 0 Å². The van der Waals surface area contributed by atoms with Gasteiger partial charge in [-0.25, -0.2) is 0 Å². The third kappa shape index (κ3) is 227. The Balaban J connectivity index is -0.0000000463. The van der Waals surface area contributed by atoms with E-state index in [1.54, 1.807) is 39.2 Å². The minimum Gasteiger partial charge on any atom is -0.867 e. The molecule has 0 spiro atoms. The van der Waals surface area contributed by atoms with Crippen LogP contribution in [0.3, 0.4) is 0 Å². The first kappa shape index (κ1) is 93.4. The molecule has 0 aromatic rings. The maximum atomic E-state index is 9.89. The van der Waals surface area contributed by atoms with Gasteiger partial charge in [0.05, 0.1) is 161 Å². The molecule has 0 aromatic heterocycles. The van der Waals surface area contributed by atoms with E-state index in [4.69, 9.17) is 40.2 Å². The molecule has 8 N–H and O–H groups in total. The second-order valence-corrected chi connectivity index (χ2v) is 14.4. The number of halogens is 4. The molecule has 0 radical (unpaired) electrons. The van der Waals surface area contributed by atoms with Crippen LogP contribution in [0.4, 0.5) is 17.3 Å². The van der Waals surface area contributed by atoms with E-state index in [0.29, 0.717) is 0 Å². The highest BCUT2D eigenvalue weighted by molar-refractivity contribution is 6.27. The van der Waals surface area contributed by atoms with Crippen LogP contribution in [0.15, 0.2) is 0 Å². The van der Waals surface area contributed by atoms with Gasteiger partial charge >= 0.3 is 0 Å². The molecule has 0 unspecified atom stereocenters. The fraction of sp³-hybridized carbons (Fsp3) is 1.00. The normalized spacial score (nSPS) is 9.19. The first-order valence-corrected chi connectivity index (χ1v) is 23.7. The van der Waals surface area contributed by atoms with Crippen molar-refractivity contribution in [2.45, 2.75) is 111 Å². The molecular formula is C40H112B4F4N8O8. The summed E-state index contributed by atoms with van der Waals surface area (Å²) in [7, 11) is 4.89. The summed E-state index contributed by atoms with van der Waals surface area (Å²) in [5.74, 6) is 0. The molecule has 0 aliphatic carbocycles. The summed E-state index contributed by atoms with van der Waals surface area (Å²) in [5, 5.41) is 66.4. The summed E-state index contributed by atoms with van der Waals surface area (Å²) in [4.78, 5) is 12.7. The fourth-order valence-electron chi connectivity index (χ4n) is 2.00. The molecule has 0 aliphatic rings. The van der Waals surface area contributed by atoms with Crippen molar-refractivity contribution in [3.8, 4) is 0 Å². The SMILES string of the molecule is CC[NH+](C)CC.CC[NH+](C)CC.CC[NH+](C)CC.CC[NH+](C)CC.CC[NH+](C)CC.CC[NH+](C)CC.CC[NH+](C)CC.CC[NH+](C)CC.[O-]B([O-])F.[O-]B([O-])F.[O-]B([O-])F.[O-]B([O-])F.